The van der Waals surface area contributed by atoms with E-state index in [9.17, 15) is 15.0 Å². The van der Waals surface area contributed by atoms with Crippen molar-refractivity contribution < 1.29 is 14.6 Å². The monoisotopic (exact) mass is 268 g/mol. The molecule has 0 aliphatic carbocycles. The van der Waals surface area contributed by atoms with Crippen LogP contribution in [0.3, 0.4) is 0 Å². The van der Waals surface area contributed by atoms with E-state index in [0.29, 0.717) is 16.5 Å². The molecule has 0 saturated carbocycles. The van der Waals surface area contributed by atoms with E-state index in [0.717, 1.165) is 0 Å². The van der Waals surface area contributed by atoms with Crippen LogP contribution in [0.2, 0.25) is 0 Å². The number of alkyl halides is 1. The summed E-state index contributed by atoms with van der Waals surface area (Å²) in [6.07, 6.45) is -0.406. The summed E-state index contributed by atoms with van der Waals surface area (Å²) in [6, 6.07) is 6.06. The molecule has 0 spiro atoms. The Morgan fingerprint density at radius 2 is 2.06 bits per heavy atom. The second-order valence-corrected chi connectivity index (χ2v) is 4.41. The second kappa shape index (κ2) is 5.52. The van der Waals surface area contributed by atoms with Gasteiger partial charge in [0, 0.05) is 11.9 Å². The zero-order valence-electron chi connectivity index (χ0n) is 9.54. The van der Waals surface area contributed by atoms with Gasteiger partial charge >= 0.3 is 0 Å². The van der Waals surface area contributed by atoms with E-state index >= 15 is 0 Å². The molecule has 2 unspecified atom stereocenters. The molecule has 0 radical (unpaired) electrons. The lowest BCUT2D eigenvalue weighted by atomic mass is 10.0. The standard InChI is InChI=1S/C13H13ClO4/c14-5-3-11(16)13(17)8-1-2-12-9(7-8)10(15)4-6-18-12/h1-2,4,6-7,11,13,16-17H,3,5H2. The van der Waals surface area contributed by atoms with Crippen LogP contribution in [-0.2, 0) is 0 Å². The van der Waals surface area contributed by atoms with E-state index in [1.54, 1.807) is 12.1 Å². The first kappa shape index (κ1) is 13.1. The van der Waals surface area contributed by atoms with Crippen molar-refractivity contribution in [1.29, 1.82) is 0 Å². The van der Waals surface area contributed by atoms with Crippen LogP contribution in [0.15, 0.2) is 39.7 Å². The summed E-state index contributed by atoms with van der Waals surface area (Å²) in [5.41, 5.74) is 0.737. The van der Waals surface area contributed by atoms with Crippen LogP contribution in [0.1, 0.15) is 18.1 Å². The summed E-state index contributed by atoms with van der Waals surface area (Å²) in [6.45, 7) is 0. The molecule has 1 aromatic heterocycles. The van der Waals surface area contributed by atoms with Crippen molar-refractivity contribution in [2.75, 3.05) is 5.88 Å². The predicted octanol–water partition coefficient (Wildman–Crippen LogP) is 1.82. The number of rotatable bonds is 4. The van der Waals surface area contributed by atoms with Gasteiger partial charge in [-0.05, 0) is 24.1 Å². The molecule has 1 heterocycles. The van der Waals surface area contributed by atoms with Crippen LogP contribution in [-0.4, -0.2) is 22.2 Å². The van der Waals surface area contributed by atoms with Gasteiger partial charge in [0.2, 0.25) is 0 Å². The molecule has 4 nitrogen and oxygen atoms in total. The van der Waals surface area contributed by atoms with Crippen molar-refractivity contribution in [3.8, 4) is 0 Å². The molecule has 2 N–H and O–H groups in total. The second-order valence-electron chi connectivity index (χ2n) is 4.03. The van der Waals surface area contributed by atoms with Crippen molar-refractivity contribution in [1.82, 2.24) is 0 Å². The molecule has 0 bridgehead atoms. The third-order valence-corrected chi connectivity index (χ3v) is 3.01. The normalized spacial score (nSPS) is 14.6. The van der Waals surface area contributed by atoms with Gasteiger partial charge in [-0.25, -0.2) is 0 Å². The Bertz CT molecular complexity index is 593. The summed E-state index contributed by atoms with van der Waals surface area (Å²) < 4.78 is 5.17. The molecule has 2 atom stereocenters. The van der Waals surface area contributed by atoms with Gasteiger partial charge in [0.05, 0.1) is 17.8 Å². The average Bonchev–Trinajstić information content (AvgIpc) is 2.38. The maximum absolute atomic E-state index is 11.6. The fraction of sp³-hybridized carbons (Fsp3) is 0.308. The summed E-state index contributed by atoms with van der Waals surface area (Å²) in [5, 5.41) is 20.0. The molecular formula is C13H13ClO4. The van der Waals surface area contributed by atoms with Crippen molar-refractivity contribution >= 4 is 22.6 Å². The Morgan fingerprint density at radius 1 is 1.28 bits per heavy atom. The topological polar surface area (TPSA) is 70.7 Å². The van der Waals surface area contributed by atoms with Gasteiger partial charge in [-0.3, -0.25) is 4.79 Å². The molecule has 0 saturated heterocycles. The Kier molecular flexibility index (Phi) is 4.01. The Morgan fingerprint density at radius 3 is 2.78 bits per heavy atom. The van der Waals surface area contributed by atoms with Crippen LogP contribution >= 0.6 is 11.6 Å². The van der Waals surface area contributed by atoms with Gasteiger partial charge in [0.15, 0.2) is 5.43 Å². The van der Waals surface area contributed by atoms with Gasteiger partial charge in [0.1, 0.15) is 11.7 Å². The first-order chi connectivity index (χ1) is 8.63. The molecule has 0 aliphatic heterocycles. The minimum Gasteiger partial charge on any atom is -0.464 e. The number of hydrogen-bond donors (Lipinski definition) is 2. The predicted molar refractivity (Wildman–Crippen MR) is 68.8 cm³/mol. The molecule has 0 fully saturated rings. The van der Waals surface area contributed by atoms with E-state index in [4.69, 9.17) is 16.0 Å². The molecule has 2 rings (SSSR count). The quantitative estimate of drug-likeness (QED) is 0.830. The van der Waals surface area contributed by atoms with Crippen LogP contribution in [0.25, 0.3) is 11.0 Å². The SMILES string of the molecule is O=c1ccoc2ccc(C(O)C(O)CCCl)cc12. The largest absolute Gasteiger partial charge is 0.464 e. The lowest BCUT2D eigenvalue weighted by Crippen LogP contribution is -2.18. The van der Waals surface area contributed by atoms with Crippen molar-refractivity contribution in [3.63, 3.8) is 0 Å². The fourth-order valence-electron chi connectivity index (χ4n) is 1.78. The maximum atomic E-state index is 11.6. The van der Waals surface area contributed by atoms with Gasteiger partial charge in [0.25, 0.3) is 0 Å². The molecule has 5 heteroatoms. The number of hydrogen-bond acceptors (Lipinski definition) is 4. The minimum absolute atomic E-state index is 0.183. The zero-order valence-corrected chi connectivity index (χ0v) is 10.3. The van der Waals surface area contributed by atoms with E-state index in [2.05, 4.69) is 0 Å². The maximum Gasteiger partial charge on any atom is 0.192 e. The lowest BCUT2D eigenvalue weighted by Gasteiger charge is -2.17. The number of aliphatic hydroxyl groups is 2. The van der Waals surface area contributed by atoms with Crippen molar-refractivity contribution in [3.05, 3.63) is 46.3 Å². The van der Waals surface area contributed by atoms with Gasteiger partial charge in [-0.2, -0.15) is 0 Å². The molecule has 96 valence electrons. The van der Waals surface area contributed by atoms with Gasteiger partial charge in [-0.15, -0.1) is 11.6 Å². The third kappa shape index (κ3) is 2.56. The zero-order chi connectivity index (χ0) is 13.1. The van der Waals surface area contributed by atoms with Crippen molar-refractivity contribution in [2.24, 2.45) is 0 Å². The van der Waals surface area contributed by atoms with Crippen LogP contribution < -0.4 is 5.43 Å². The van der Waals surface area contributed by atoms with E-state index in [1.807, 2.05) is 0 Å². The Labute approximate surface area is 108 Å². The number of halogens is 1. The molecule has 2 aromatic rings. The van der Waals surface area contributed by atoms with Crippen LogP contribution in [0, 0.1) is 0 Å². The number of fused-ring (bicyclic) bond motifs is 1. The van der Waals surface area contributed by atoms with Crippen LogP contribution in [0.5, 0.6) is 0 Å². The highest BCUT2D eigenvalue weighted by Crippen LogP contribution is 2.22. The summed E-state index contributed by atoms with van der Waals surface area (Å²) in [5.74, 6) is 0.258. The average molecular weight is 269 g/mol. The van der Waals surface area contributed by atoms with E-state index in [1.165, 1.54) is 18.4 Å². The Hall–Kier alpha value is -1.36. The summed E-state index contributed by atoms with van der Waals surface area (Å²) >= 11 is 5.51. The molecule has 18 heavy (non-hydrogen) atoms. The van der Waals surface area contributed by atoms with Crippen molar-refractivity contribution in [2.45, 2.75) is 18.6 Å². The smallest absolute Gasteiger partial charge is 0.192 e. The lowest BCUT2D eigenvalue weighted by molar-refractivity contribution is 0.0170. The molecule has 1 aromatic carbocycles. The van der Waals surface area contributed by atoms with Gasteiger partial charge < -0.3 is 14.6 Å². The van der Waals surface area contributed by atoms with Gasteiger partial charge in [-0.1, -0.05) is 6.07 Å². The first-order valence-corrected chi connectivity index (χ1v) is 6.10. The number of benzene rings is 1. The highest BCUT2D eigenvalue weighted by Gasteiger charge is 2.18. The highest BCUT2D eigenvalue weighted by atomic mass is 35.5. The highest BCUT2D eigenvalue weighted by molar-refractivity contribution is 6.17. The third-order valence-electron chi connectivity index (χ3n) is 2.79. The summed E-state index contributed by atoms with van der Waals surface area (Å²) in [4.78, 5) is 11.6. The number of aliphatic hydroxyl groups excluding tert-OH is 2. The van der Waals surface area contributed by atoms with E-state index in [-0.39, 0.29) is 17.7 Å². The fourth-order valence-corrected chi connectivity index (χ4v) is 2.00. The molecule has 0 aliphatic rings. The molecule has 0 amide bonds. The molecular weight excluding hydrogens is 256 g/mol. The van der Waals surface area contributed by atoms with Crippen LogP contribution in [0.4, 0.5) is 0 Å². The van der Waals surface area contributed by atoms with E-state index < -0.39 is 12.2 Å². The summed E-state index contributed by atoms with van der Waals surface area (Å²) in [7, 11) is 0. The first-order valence-electron chi connectivity index (χ1n) is 5.57. The minimum atomic E-state index is -1.06. The Balaban J connectivity index is 2.40.